The number of carbonyl (C=O) groups is 1. The lowest BCUT2D eigenvalue weighted by Gasteiger charge is -2.22. The van der Waals surface area contributed by atoms with Crippen LogP contribution in [0.3, 0.4) is 0 Å². The van der Waals surface area contributed by atoms with Crippen LogP contribution in [0.15, 0.2) is 48.5 Å². The highest BCUT2D eigenvalue weighted by molar-refractivity contribution is 7.98. The molecule has 0 spiro atoms. The van der Waals surface area contributed by atoms with E-state index in [9.17, 15) is 13.2 Å². The van der Waals surface area contributed by atoms with Crippen molar-refractivity contribution in [1.82, 2.24) is 5.32 Å². The highest BCUT2D eigenvalue weighted by atomic mass is 35.5. The molecule has 8 heteroatoms. The van der Waals surface area contributed by atoms with Crippen LogP contribution >= 0.6 is 23.4 Å². The van der Waals surface area contributed by atoms with E-state index in [1.165, 1.54) is 0 Å². The SMILES string of the molecule is CC(C)c1ccc(N(CC(=O)NCCCSCc2ccccc2Cl)S(C)(=O)=O)cc1. The van der Waals surface area contributed by atoms with Gasteiger partial charge in [-0.2, -0.15) is 11.8 Å². The summed E-state index contributed by atoms with van der Waals surface area (Å²) in [5, 5.41) is 3.57. The Balaban J connectivity index is 1.80. The third-order valence-corrected chi connectivity index (χ3v) is 7.14. The molecular weight excluding hydrogens is 440 g/mol. The van der Waals surface area contributed by atoms with Gasteiger partial charge in [0.1, 0.15) is 6.54 Å². The van der Waals surface area contributed by atoms with Gasteiger partial charge in [0, 0.05) is 17.3 Å². The zero-order chi connectivity index (χ0) is 22.1. The number of carbonyl (C=O) groups excluding carboxylic acids is 1. The molecule has 0 saturated heterocycles. The Morgan fingerprint density at radius 3 is 2.40 bits per heavy atom. The van der Waals surface area contributed by atoms with Gasteiger partial charge < -0.3 is 5.32 Å². The summed E-state index contributed by atoms with van der Waals surface area (Å²) in [7, 11) is -3.56. The van der Waals surface area contributed by atoms with Crippen LogP contribution in [0.2, 0.25) is 5.02 Å². The number of anilines is 1. The van der Waals surface area contributed by atoms with Crippen LogP contribution in [-0.4, -0.2) is 39.4 Å². The number of benzene rings is 2. The van der Waals surface area contributed by atoms with Crippen molar-refractivity contribution in [2.75, 3.05) is 29.4 Å². The van der Waals surface area contributed by atoms with Crippen molar-refractivity contribution in [2.45, 2.75) is 31.9 Å². The quantitative estimate of drug-likeness (QED) is 0.486. The summed E-state index contributed by atoms with van der Waals surface area (Å²) in [6, 6.07) is 15.0. The van der Waals surface area contributed by atoms with Crippen LogP contribution in [-0.2, 0) is 20.6 Å². The Bertz CT molecular complexity index is 932. The zero-order valence-corrected chi connectivity index (χ0v) is 20.0. The Morgan fingerprint density at radius 1 is 1.13 bits per heavy atom. The first-order valence-corrected chi connectivity index (χ1v) is 13.2. The molecule has 0 fully saturated rings. The Morgan fingerprint density at radius 2 is 1.80 bits per heavy atom. The summed E-state index contributed by atoms with van der Waals surface area (Å²) in [6.45, 7) is 4.41. The van der Waals surface area contributed by atoms with E-state index in [0.717, 1.165) is 44.6 Å². The second kappa shape index (κ2) is 11.6. The number of amides is 1. The average molecular weight is 469 g/mol. The van der Waals surface area contributed by atoms with Gasteiger partial charge in [0.15, 0.2) is 0 Å². The molecule has 0 aliphatic rings. The standard InChI is InChI=1S/C22H29ClN2O3S2/c1-17(2)18-9-11-20(12-10-18)25(30(3,27)28)15-22(26)24-13-6-14-29-16-19-7-4-5-8-21(19)23/h4-5,7-12,17H,6,13-16H2,1-3H3,(H,24,26). The minimum atomic E-state index is -3.56. The van der Waals surface area contributed by atoms with Crippen molar-refractivity contribution in [1.29, 1.82) is 0 Å². The summed E-state index contributed by atoms with van der Waals surface area (Å²) in [5.41, 5.74) is 2.71. The largest absolute Gasteiger partial charge is 0.354 e. The van der Waals surface area contributed by atoms with Gasteiger partial charge in [-0.25, -0.2) is 8.42 Å². The van der Waals surface area contributed by atoms with E-state index in [1.54, 1.807) is 23.9 Å². The van der Waals surface area contributed by atoms with Gasteiger partial charge in [0.25, 0.3) is 0 Å². The summed E-state index contributed by atoms with van der Waals surface area (Å²) in [6.07, 6.45) is 1.91. The highest BCUT2D eigenvalue weighted by Crippen LogP contribution is 2.22. The van der Waals surface area contributed by atoms with Gasteiger partial charge in [-0.05, 0) is 47.4 Å². The fraction of sp³-hybridized carbons (Fsp3) is 0.409. The van der Waals surface area contributed by atoms with Gasteiger partial charge in [-0.3, -0.25) is 9.10 Å². The first kappa shape index (κ1) is 24.6. The molecule has 164 valence electrons. The lowest BCUT2D eigenvalue weighted by Crippen LogP contribution is -2.40. The smallest absolute Gasteiger partial charge is 0.240 e. The number of hydrogen-bond donors (Lipinski definition) is 1. The fourth-order valence-electron chi connectivity index (χ4n) is 2.81. The molecule has 2 aromatic rings. The molecule has 2 aromatic carbocycles. The molecule has 0 heterocycles. The third kappa shape index (κ3) is 7.85. The molecule has 0 aliphatic heterocycles. The highest BCUT2D eigenvalue weighted by Gasteiger charge is 2.20. The molecule has 0 aliphatic carbocycles. The van der Waals surface area contributed by atoms with Gasteiger partial charge in [0.05, 0.1) is 11.9 Å². The molecule has 2 rings (SSSR count). The zero-order valence-electron chi connectivity index (χ0n) is 17.6. The third-order valence-electron chi connectivity index (χ3n) is 4.54. The van der Waals surface area contributed by atoms with Crippen LogP contribution in [0.5, 0.6) is 0 Å². The van der Waals surface area contributed by atoms with E-state index >= 15 is 0 Å². The monoisotopic (exact) mass is 468 g/mol. The average Bonchev–Trinajstić information content (AvgIpc) is 2.69. The predicted molar refractivity (Wildman–Crippen MR) is 128 cm³/mol. The summed E-state index contributed by atoms with van der Waals surface area (Å²) < 4.78 is 25.5. The van der Waals surface area contributed by atoms with E-state index < -0.39 is 10.0 Å². The van der Waals surface area contributed by atoms with Crippen molar-refractivity contribution < 1.29 is 13.2 Å². The topological polar surface area (TPSA) is 66.5 Å². The van der Waals surface area contributed by atoms with E-state index in [-0.39, 0.29) is 12.5 Å². The maximum absolute atomic E-state index is 12.3. The minimum absolute atomic E-state index is 0.230. The number of thioether (sulfide) groups is 1. The van der Waals surface area contributed by atoms with Crippen LogP contribution < -0.4 is 9.62 Å². The lowest BCUT2D eigenvalue weighted by molar-refractivity contribution is -0.119. The molecule has 1 N–H and O–H groups in total. The lowest BCUT2D eigenvalue weighted by atomic mass is 10.0. The van der Waals surface area contributed by atoms with Crippen LogP contribution in [0.4, 0.5) is 5.69 Å². The van der Waals surface area contributed by atoms with E-state index in [2.05, 4.69) is 19.2 Å². The molecule has 0 saturated carbocycles. The number of halogens is 1. The normalized spacial score (nSPS) is 11.5. The number of nitrogens with zero attached hydrogens (tertiary/aromatic N) is 1. The van der Waals surface area contributed by atoms with Crippen molar-refractivity contribution in [3.8, 4) is 0 Å². The molecule has 0 atom stereocenters. The maximum Gasteiger partial charge on any atom is 0.240 e. The summed E-state index contributed by atoms with van der Waals surface area (Å²) >= 11 is 7.89. The van der Waals surface area contributed by atoms with Crippen LogP contribution in [0.25, 0.3) is 0 Å². The molecule has 5 nitrogen and oxygen atoms in total. The molecule has 0 bridgehead atoms. The number of nitrogens with one attached hydrogen (secondary N) is 1. The van der Waals surface area contributed by atoms with Gasteiger partial charge in [-0.15, -0.1) is 0 Å². The summed E-state index contributed by atoms with van der Waals surface area (Å²) in [5.74, 6) is 1.73. The number of hydrogen-bond acceptors (Lipinski definition) is 4. The maximum atomic E-state index is 12.3. The Labute approximate surface area is 189 Å². The number of rotatable bonds is 11. The van der Waals surface area contributed by atoms with E-state index in [4.69, 9.17) is 11.6 Å². The van der Waals surface area contributed by atoms with Crippen molar-refractivity contribution >= 4 is 45.0 Å². The van der Waals surface area contributed by atoms with Crippen molar-refractivity contribution in [3.05, 3.63) is 64.7 Å². The first-order chi connectivity index (χ1) is 14.2. The fourth-order valence-corrected chi connectivity index (χ4v) is 4.91. The minimum Gasteiger partial charge on any atom is -0.354 e. The first-order valence-electron chi connectivity index (χ1n) is 9.84. The molecule has 30 heavy (non-hydrogen) atoms. The molecule has 0 aromatic heterocycles. The second-order valence-electron chi connectivity index (χ2n) is 7.36. The second-order valence-corrected chi connectivity index (χ2v) is 10.8. The Hall–Kier alpha value is -1.70. The molecule has 0 radical (unpaired) electrons. The van der Waals surface area contributed by atoms with Gasteiger partial charge >= 0.3 is 0 Å². The Kier molecular flexibility index (Phi) is 9.52. The van der Waals surface area contributed by atoms with E-state index in [0.29, 0.717) is 18.2 Å². The van der Waals surface area contributed by atoms with Crippen LogP contribution in [0, 0.1) is 0 Å². The molecule has 0 unspecified atom stereocenters. The van der Waals surface area contributed by atoms with Crippen molar-refractivity contribution in [3.63, 3.8) is 0 Å². The molecular formula is C22H29ClN2O3S2. The van der Waals surface area contributed by atoms with Gasteiger partial charge in [-0.1, -0.05) is 55.8 Å². The summed E-state index contributed by atoms with van der Waals surface area (Å²) in [4.78, 5) is 12.3. The van der Waals surface area contributed by atoms with E-state index in [1.807, 2.05) is 36.4 Å². The van der Waals surface area contributed by atoms with Crippen molar-refractivity contribution in [2.24, 2.45) is 0 Å². The molecule has 1 amide bonds. The number of sulfonamides is 1. The van der Waals surface area contributed by atoms with Crippen LogP contribution in [0.1, 0.15) is 37.3 Å². The predicted octanol–water partition coefficient (Wildman–Crippen LogP) is 4.67. The van der Waals surface area contributed by atoms with Gasteiger partial charge in [0.2, 0.25) is 15.9 Å².